The number of carbonyl (C=O) groups excluding carboxylic acids is 1. The number of carbonyl (C=O) groups is 1. The Bertz CT molecular complexity index is 564. The monoisotopic (exact) mass is 648 g/mol. The quantitative estimate of drug-likeness (QED) is 0.0872. The van der Waals surface area contributed by atoms with Crippen molar-refractivity contribution in [2.75, 3.05) is 104 Å². The first-order chi connectivity index (χ1) is 19.6. The van der Waals surface area contributed by atoms with E-state index in [4.69, 9.17) is 54.0 Å². The third kappa shape index (κ3) is 14.9. The van der Waals surface area contributed by atoms with Crippen molar-refractivity contribution in [3.05, 3.63) is 0 Å². The molecule has 0 atom stereocenters. The first-order valence-corrected chi connectivity index (χ1v) is 19.6. The van der Waals surface area contributed by atoms with Gasteiger partial charge < -0.3 is 58.8 Å². The second-order valence-electron chi connectivity index (χ2n) is 9.73. The van der Waals surface area contributed by atoms with Gasteiger partial charge in [-0.3, -0.25) is 0 Å². The van der Waals surface area contributed by atoms with E-state index in [1.54, 1.807) is 70.9 Å². The van der Waals surface area contributed by atoms with Crippen LogP contribution in [0, 0.1) is 5.41 Å². The van der Waals surface area contributed by atoms with Gasteiger partial charge in [-0.05, 0) is 26.2 Å². The summed E-state index contributed by atoms with van der Waals surface area (Å²) < 4.78 is 67.7. The van der Waals surface area contributed by atoms with Crippen LogP contribution >= 0.6 is 0 Å². The normalized spacial score (nSPS) is 13.2. The van der Waals surface area contributed by atoms with Crippen LogP contribution in [0.5, 0.6) is 0 Å². The molecule has 0 amide bonds. The Morgan fingerprint density at radius 2 is 0.732 bits per heavy atom. The molecular formula is C25H56O13Si3. The highest BCUT2D eigenvalue weighted by molar-refractivity contribution is 6.61. The molecule has 0 spiro atoms. The Kier molecular flexibility index (Phi) is 22.3. The lowest BCUT2D eigenvalue weighted by Crippen LogP contribution is -2.43. The lowest BCUT2D eigenvalue weighted by Gasteiger charge is -2.33. The summed E-state index contributed by atoms with van der Waals surface area (Å²) in [5.74, 6) is 0.0273. The molecule has 0 aromatic heterocycles. The van der Waals surface area contributed by atoms with Gasteiger partial charge in [-0.1, -0.05) is 0 Å². The largest absolute Gasteiger partial charge is 0.500 e. The molecule has 0 radical (unpaired) electrons. The van der Waals surface area contributed by atoms with E-state index in [9.17, 15) is 4.79 Å². The number of ether oxygens (including phenoxy) is 3. The fraction of sp³-hybridized carbons (Fsp3) is 0.960. The van der Waals surface area contributed by atoms with Crippen LogP contribution in [-0.2, 0) is 58.8 Å². The summed E-state index contributed by atoms with van der Waals surface area (Å²) >= 11 is 0. The van der Waals surface area contributed by atoms with Crippen molar-refractivity contribution in [2.45, 2.75) is 50.7 Å². The van der Waals surface area contributed by atoms with Crippen molar-refractivity contribution in [1.29, 1.82) is 0 Å². The number of rotatable bonds is 29. The van der Waals surface area contributed by atoms with Gasteiger partial charge in [0.15, 0.2) is 0 Å². The molecule has 0 bridgehead atoms. The van der Waals surface area contributed by atoms with Crippen molar-refractivity contribution in [3.8, 4) is 0 Å². The second-order valence-corrected chi connectivity index (χ2v) is 19.0. The van der Waals surface area contributed by atoms with Gasteiger partial charge in [-0.2, -0.15) is 0 Å². The zero-order valence-electron chi connectivity index (χ0n) is 27.0. The van der Waals surface area contributed by atoms with Crippen LogP contribution < -0.4 is 0 Å². The minimum absolute atomic E-state index is 0.0273. The lowest BCUT2D eigenvalue weighted by atomic mass is 9.85. The lowest BCUT2D eigenvalue weighted by molar-refractivity contribution is -0.126. The molecule has 41 heavy (non-hydrogen) atoms. The average Bonchev–Trinajstić information content (AvgIpc) is 2.99. The molecule has 0 saturated carbocycles. The molecule has 0 rings (SSSR count). The van der Waals surface area contributed by atoms with E-state index < -0.39 is 31.8 Å². The summed E-state index contributed by atoms with van der Waals surface area (Å²) in [6, 6.07) is 1.83. The van der Waals surface area contributed by atoms with E-state index in [-0.39, 0.29) is 32.0 Å². The summed E-state index contributed by atoms with van der Waals surface area (Å²) in [4.78, 5) is 12.4. The van der Waals surface area contributed by atoms with Crippen molar-refractivity contribution in [2.24, 2.45) is 5.41 Å². The zero-order valence-corrected chi connectivity index (χ0v) is 30.0. The van der Waals surface area contributed by atoms with Crippen LogP contribution in [0.1, 0.15) is 32.6 Å². The Balaban J connectivity index is 5.29. The molecule has 0 fully saturated rings. The molecule has 0 aliphatic carbocycles. The summed E-state index contributed by atoms with van der Waals surface area (Å²) in [6.45, 7) is 3.75. The molecule has 0 saturated heterocycles. The van der Waals surface area contributed by atoms with Crippen molar-refractivity contribution in [1.82, 2.24) is 0 Å². The molecule has 0 aromatic rings. The van der Waals surface area contributed by atoms with Gasteiger partial charge >= 0.3 is 26.4 Å². The van der Waals surface area contributed by atoms with Gasteiger partial charge in [0.25, 0.3) is 0 Å². The highest BCUT2D eigenvalue weighted by atomic mass is 28.4. The predicted molar refractivity (Wildman–Crippen MR) is 159 cm³/mol. The maximum atomic E-state index is 12.4. The van der Waals surface area contributed by atoms with E-state index >= 15 is 0 Å². The molecule has 16 heteroatoms. The first-order valence-electron chi connectivity index (χ1n) is 13.8. The van der Waals surface area contributed by atoms with Crippen LogP contribution in [-0.4, -0.2) is 136 Å². The second kappa shape index (κ2) is 22.4. The minimum Gasteiger partial charge on any atom is -0.381 e. The van der Waals surface area contributed by atoms with Crippen molar-refractivity contribution >= 4 is 32.2 Å². The SMILES string of the molecule is CO[Si](CCCOCC(COCCC[Si](OC)(OC)OC)(COCCC[Si](OC)(OC)OC)CC(C)=O)(OC)OC. The van der Waals surface area contributed by atoms with Crippen molar-refractivity contribution < 1.29 is 58.8 Å². The van der Waals surface area contributed by atoms with Crippen LogP contribution in [0.2, 0.25) is 18.1 Å². The molecule has 0 N–H and O–H groups in total. The van der Waals surface area contributed by atoms with Crippen LogP contribution in [0.4, 0.5) is 0 Å². The summed E-state index contributed by atoms with van der Waals surface area (Å²) in [6.07, 6.45) is 2.28. The minimum atomic E-state index is -2.69. The standard InChI is InChI=1S/C25H56O13Si3/c1-24(26)20-25(21-36-14-11-17-39(27-2,28-3)29-4,22-37-15-12-18-40(30-5,31-6)32-7)23-38-16-13-19-41(33-8,34-9)35-10/h11-23H2,1-10H3. The van der Waals surface area contributed by atoms with Gasteiger partial charge in [-0.25, -0.2) is 0 Å². The Hall–Kier alpha value is -0.159. The number of ketones is 1. The molecule has 0 aliphatic rings. The van der Waals surface area contributed by atoms with E-state index in [0.717, 1.165) is 0 Å². The maximum absolute atomic E-state index is 12.4. The van der Waals surface area contributed by atoms with Gasteiger partial charge in [-0.15, -0.1) is 0 Å². The Labute approximate surface area is 250 Å². The summed E-state index contributed by atoms with van der Waals surface area (Å²) in [5.41, 5.74) is -0.666. The number of hydrogen-bond donors (Lipinski definition) is 0. The third-order valence-electron chi connectivity index (χ3n) is 6.96. The maximum Gasteiger partial charge on any atom is 0.500 e. The highest BCUT2D eigenvalue weighted by Gasteiger charge is 2.39. The van der Waals surface area contributed by atoms with Gasteiger partial charge in [0.2, 0.25) is 0 Å². The fourth-order valence-corrected chi connectivity index (χ4v) is 9.58. The van der Waals surface area contributed by atoms with E-state index in [1.807, 2.05) is 0 Å². The molecule has 0 aromatic carbocycles. The molecule has 13 nitrogen and oxygen atoms in total. The topological polar surface area (TPSA) is 128 Å². The molecule has 246 valence electrons. The molecule has 0 heterocycles. The Morgan fingerprint density at radius 1 is 0.488 bits per heavy atom. The van der Waals surface area contributed by atoms with E-state index in [2.05, 4.69) is 0 Å². The first kappa shape index (κ1) is 40.8. The van der Waals surface area contributed by atoms with Crippen LogP contribution in [0.3, 0.4) is 0 Å². The number of Topliss-reactive ketones (excluding diaryl/α,β-unsaturated/α-hetero) is 1. The summed E-state index contributed by atoms with van der Waals surface area (Å²) in [7, 11) is 6.22. The zero-order chi connectivity index (χ0) is 31.3. The van der Waals surface area contributed by atoms with Crippen LogP contribution in [0.15, 0.2) is 0 Å². The van der Waals surface area contributed by atoms with Gasteiger partial charge in [0.05, 0.1) is 19.8 Å². The molecular weight excluding hydrogens is 593 g/mol. The summed E-state index contributed by atoms with van der Waals surface area (Å²) in [5, 5.41) is 0. The molecule has 0 unspecified atom stereocenters. The predicted octanol–water partition coefficient (Wildman–Crippen LogP) is 2.81. The molecule has 0 aliphatic heterocycles. The Morgan fingerprint density at radius 3 is 0.927 bits per heavy atom. The van der Waals surface area contributed by atoms with Gasteiger partial charge in [0.1, 0.15) is 5.78 Å². The highest BCUT2D eigenvalue weighted by Crippen LogP contribution is 2.27. The third-order valence-corrected chi connectivity index (χ3v) is 15.5. The number of hydrogen-bond acceptors (Lipinski definition) is 13. The van der Waals surface area contributed by atoms with Crippen LogP contribution in [0.25, 0.3) is 0 Å². The van der Waals surface area contributed by atoms with Crippen molar-refractivity contribution in [3.63, 3.8) is 0 Å². The van der Waals surface area contributed by atoms with Gasteiger partial charge in [0, 0.05) is 114 Å². The van der Waals surface area contributed by atoms with E-state index in [1.165, 1.54) is 0 Å². The smallest absolute Gasteiger partial charge is 0.381 e. The van der Waals surface area contributed by atoms with E-state index in [0.29, 0.717) is 57.2 Å². The fourth-order valence-electron chi connectivity index (χ4n) is 4.51. The average molecular weight is 649 g/mol.